The van der Waals surface area contributed by atoms with Crippen LogP contribution in [0.2, 0.25) is 0 Å². The zero-order valence-electron chi connectivity index (χ0n) is 15.7. The number of para-hydroxylation sites is 1. The van der Waals surface area contributed by atoms with Gasteiger partial charge in [0.1, 0.15) is 5.75 Å². The van der Waals surface area contributed by atoms with Crippen LogP contribution < -0.4 is 10.1 Å². The zero-order valence-corrected chi connectivity index (χ0v) is 15.7. The molecule has 0 spiro atoms. The van der Waals surface area contributed by atoms with Crippen molar-refractivity contribution in [2.24, 2.45) is 0 Å². The van der Waals surface area contributed by atoms with Gasteiger partial charge in [-0.25, -0.2) is 0 Å². The number of hydrogen-bond donors (Lipinski definition) is 1. The van der Waals surface area contributed by atoms with Crippen molar-refractivity contribution >= 4 is 17.6 Å². The lowest BCUT2D eigenvalue weighted by Crippen LogP contribution is -2.22. The maximum atomic E-state index is 12.2. The number of rotatable bonds is 7. The monoisotopic (exact) mass is 355 g/mol. The summed E-state index contributed by atoms with van der Waals surface area (Å²) in [5.41, 5.74) is 3.63. The van der Waals surface area contributed by atoms with Crippen LogP contribution in [0.1, 0.15) is 36.5 Å². The standard InChI is InChI=1S/C21H25NO4/c1-14(2)18-7-5-6-15(3)21(18)22-19(23)13-26-20(24)12-16-8-10-17(25-4)11-9-16/h5-11,14H,12-13H2,1-4H3,(H,22,23). The molecule has 0 saturated carbocycles. The number of carbonyl (C=O) groups is 2. The van der Waals surface area contributed by atoms with Gasteiger partial charge in [0.2, 0.25) is 0 Å². The zero-order chi connectivity index (χ0) is 19.1. The van der Waals surface area contributed by atoms with Crippen molar-refractivity contribution in [2.75, 3.05) is 19.0 Å². The molecule has 0 fully saturated rings. The summed E-state index contributed by atoms with van der Waals surface area (Å²) >= 11 is 0. The normalized spacial score (nSPS) is 10.5. The van der Waals surface area contributed by atoms with Crippen molar-refractivity contribution in [1.29, 1.82) is 0 Å². The van der Waals surface area contributed by atoms with E-state index in [1.807, 2.05) is 25.1 Å². The van der Waals surface area contributed by atoms with E-state index in [0.717, 1.165) is 28.1 Å². The van der Waals surface area contributed by atoms with Crippen molar-refractivity contribution in [2.45, 2.75) is 33.1 Å². The fourth-order valence-corrected chi connectivity index (χ4v) is 2.62. The van der Waals surface area contributed by atoms with Crippen molar-refractivity contribution in [3.8, 4) is 5.75 Å². The molecular weight excluding hydrogens is 330 g/mol. The number of ether oxygens (including phenoxy) is 2. The molecule has 5 heteroatoms. The van der Waals surface area contributed by atoms with Crippen LogP contribution in [-0.2, 0) is 20.7 Å². The Morgan fingerprint density at radius 1 is 1.08 bits per heavy atom. The van der Waals surface area contributed by atoms with Gasteiger partial charge in [-0.1, -0.05) is 44.2 Å². The number of aryl methyl sites for hydroxylation is 1. The van der Waals surface area contributed by atoms with Gasteiger partial charge in [-0.05, 0) is 41.7 Å². The van der Waals surface area contributed by atoms with Gasteiger partial charge in [-0.15, -0.1) is 0 Å². The average molecular weight is 355 g/mol. The molecule has 0 bridgehead atoms. The van der Waals surface area contributed by atoms with Crippen LogP contribution in [0, 0.1) is 6.92 Å². The second kappa shape index (κ2) is 9.04. The SMILES string of the molecule is COc1ccc(CC(=O)OCC(=O)Nc2c(C)cccc2C(C)C)cc1. The number of benzene rings is 2. The molecule has 0 atom stereocenters. The van der Waals surface area contributed by atoms with Gasteiger partial charge < -0.3 is 14.8 Å². The minimum atomic E-state index is -0.445. The summed E-state index contributed by atoms with van der Waals surface area (Å²) in [6.07, 6.45) is 0.110. The smallest absolute Gasteiger partial charge is 0.310 e. The van der Waals surface area contributed by atoms with Gasteiger partial charge in [0.25, 0.3) is 5.91 Å². The second-order valence-corrected chi connectivity index (χ2v) is 6.43. The Kier molecular flexibility index (Phi) is 6.78. The molecule has 0 aromatic heterocycles. The summed E-state index contributed by atoms with van der Waals surface area (Å²) in [5, 5.41) is 2.86. The molecule has 2 aromatic rings. The van der Waals surface area contributed by atoms with E-state index in [4.69, 9.17) is 9.47 Å². The molecule has 2 aromatic carbocycles. The van der Waals surface area contributed by atoms with Crippen LogP contribution in [0.25, 0.3) is 0 Å². The third kappa shape index (κ3) is 5.34. The van der Waals surface area contributed by atoms with E-state index in [9.17, 15) is 9.59 Å². The predicted molar refractivity (Wildman–Crippen MR) is 102 cm³/mol. The first kappa shape index (κ1) is 19.5. The van der Waals surface area contributed by atoms with E-state index in [1.165, 1.54) is 0 Å². The summed E-state index contributed by atoms with van der Waals surface area (Å²) in [6, 6.07) is 13.0. The van der Waals surface area contributed by atoms with Gasteiger partial charge in [0, 0.05) is 5.69 Å². The van der Waals surface area contributed by atoms with Gasteiger partial charge in [-0.2, -0.15) is 0 Å². The fourth-order valence-electron chi connectivity index (χ4n) is 2.62. The highest BCUT2D eigenvalue weighted by Crippen LogP contribution is 2.27. The van der Waals surface area contributed by atoms with E-state index < -0.39 is 5.97 Å². The Hall–Kier alpha value is -2.82. The van der Waals surface area contributed by atoms with E-state index >= 15 is 0 Å². The molecule has 1 amide bonds. The minimum absolute atomic E-state index is 0.110. The number of nitrogens with one attached hydrogen (secondary N) is 1. The van der Waals surface area contributed by atoms with E-state index in [2.05, 4.69) is 19.2 Å². The molecule has 0 aliphatic heterocycles. The Balaban J connectivity index is 1.89. The molecule has 0 heterocycles. The highest BCUT2D eigenvalue weighted by atomic mass is 16.5. The number of carbonyl (C=O) groups excluding carboxylic acids is 2. The number of hydrogen-bond acceptors (Lipinski definition) is 4. The van der Waals surface area contributed by atoms with Crippen molar-refractivity contribution in [3.63, 3.8) is 0 Å². The van der Waals surface area contributed by atoms with Gasteiger partial charge >= 0.3 is 5.97 Å². The molecule has 0 aliphatic rings. The molecule has 138 valence electrons. The Labute approximate surface area is 154 Å². The Morgan fingerprint density at radius 3 is 2.38 bits per heavy atom. The average Bonchev–Trinajstić information content (AvgIpc) is 2.62. The lowest BCUT2D eigenvalue weighted by atomic mass is 9.98. The van der Waals surface area contributed by atoms with E-state index in [0.29, 0.717) is 0 Å². The lowest BCUT2D eigenvalue weighted by Gasteiger charge is -2.16. The summed E-state index contributed by atoms with van der Waals surface area (Å²) in [6.45, 7) is 5.77. The lowest BCUT2D eigenvalue weighted by molar-refractivity contribution is -0.146. The van der Waals surface area contributed by atoms with E-state index in [-0.39, 0.29) is 24.9 Å². The molecule has 1 N–H and O–H groups in total. The van der Waals surface area contributed by atoms with Gasteiger partial charge in [0.15, 0.2) is 6.61 Å². The fraction of sp³-hybridized carbons (Fsp3) is 0.333. The first-order valence-corrected chi connectivity index (χ1v) is 8.58. The van der Waals surface area contributed by atoms with Crippen LogP contribution in [0.15, 0.2) is 42.5 Å². The van der Waals surface area contributed by atoms with Crippen LogP contribution in [-0.4, -0.2) is 25.6 Å². The predicted octanol–water partition coefficient (Wildman–Crippen LogP) is 3.85. The molecule has 0 unspecified atom stereocenters. The molecule has 26 heavy (non-hydrogen) atoms. The maximum absolute atomic E-state index is 12.2. The molecule has 0 radical (unpaired) electrons. The summed E-state index contributed by atoms with van der Waals surface area (Å²) < 4.78 is 10.2. The second-order valence-electron chi connectivity index (χ2n) is 6.43. The Bertz CT molecular complexity index is 766. The summed E-state index contributed by atoms with van der Waals surface area (Å²) in [4.78, 5) is 24.1. The highest BCUT2D eigenvalue weighted by molar-refractivity contribution is 5.94. The third-order valence-corrected chi connectivity index (χ3v) is 4.06. The van der Waals surface area contributed by atoms with Gasteiger partial charge in [-0.3, -0.25) is 9.59 Å². The van der Waals surface area contributed by atoms with Crippen LogP contribution in [0.3, 0.4) is 0 Å². The first-order chi connectivity index (χ1) is 12.4. The Morgan fingerprint density at radius 2 is 1.77 bits per heavy atom. The highest BCUT2D eigenvalue weighted by Gasteiger charge is 2.14. The number of amides is 1. The number of anilines is 1. The van der Waals surface area contributed by atoms with Crippen LogP contribution in [0.5, 0.6) is 5.75 Å². The van der Waals surface area contributed by atoms with Crippen molar-refractivity contribution in [3.05, 3.63) is 59.2 Å². The summed E-state index contributed by atoms with van der Waals surface area (Å²) in [5.74, 6) is 0.215. The van der Waals surface area contributed by atoms with Crippen molar-refractivity contribution < 1.29 is 19.1 Å². The molecular formula is C21H25NO4. The largest absolute Gasteiger partial charge is 0.497 e. The summed E-state index contributed by atoms with van der Waals surface area (Å²) in [7, 11) is 1.58. The quantitative estimate of drug-likeness (QED) is 0.766. The molecule has 5 nitrogen and oxygen atoms in total. The van der Waals surface area contributed by atoms with Crippen molar-refractivity contribution in [1.82, 2.24) is 0 Å². The van der Waals surface area contributed by atoms with Crippen LogP contribution >= 0.6 is 0 Å². The first-order valence-electron chi connectivity index (χ1n) is 8.58. The van der Waals surface area contributed by atoms with Gasteiger partial charge in [0.05, 0.1) is 13.5 Å². The molecule has 2 rings (SSSR count). The van der Waals surface area contributed by atoms with Crippen LogP contribution in [0.4, 0.5) is 5.69 Å². The maximum Gasteiger partial charge on any atom is 0.310 e. The minimum Gasteiger partial charge on any atom is -0.497 e. The number of esters is 1. The molecule has 0 aliphatic carbocycles. The third-order valence-electron chi connectivity index (χ3n) is 4.06. The number of methoxy groups -OCH3 is 1. The molecule has 0 saturated heterocycles. The topological polar surface area (TPSA) is 64.6 Å². The van der Waals surface area contributed by atoms with E-state index in [1.54, 1.807) is 31.4 Å².